The molecule has 1 aliphatic rings. The van der Waals surface area contributed by atoms with Gasteiger partial charge in [-0.1, -0.05) is 6.42 Å². The number of methoxy groups -OCH3 is 1. The molecule has 18 heavy (non-hydrogen) atoms. The Morgan fingerprint density at radius 2 is 2.11 bits per heavy atom. The summed E-state index contributed by atoms with van der Waals surface area (Å²) in [5.74, 6) is -0.427. The van der Waals surface area contributed by atoms with E-state index >= 15 is 0 Å². The molecule has 1 rings (SSSR count). The van der Waals surface area contributed by atoms with Crippen LogP contribution >= 0.6 is 0 Å². The lowest BCUT2D eigenvalue weighted by Crippen LogP contribution is -2.45. The summed E-state index contributed by atoms with van der Waals surface area (Å²) in [5.41, 5.74) is 0. The summed E-state index contributed by atoms with van der Waals surface area (Å²) < 4.78 is 9.72. The Labute approximate surface area is 108 Å². The fraction of sp³-hybridized carbons (Fsp3) is 0.846. The number of hydrogen-bond donors (Lipinski definition) is 1. The summed E-state index contributed by atoms with van der Waals surface area (Å²) in [4.78, 5) is 23.0. The summed E-state index contributed by atoms with van der Waals surface area (Å²) >= 11 is 0. The third kappa shape index (κ3) is 4.29. The van der Waals surface area contributed by atoms with Crippen molar-refractivity contribution in [2.45, 2.75) is 51.6 Å². The number of carbonyl (C=O) groups is 2. The van der Waals surface area contributed by atoms with Gasteiger partial charge in [-0.05, 0) is 33.1 Å². The predicted octanol–water partition coefficient (Wildman–Crippen LogP) is 1.26. The second-order valence-corrected chi connectivity index (χ2v) is 4.72. The molecule has 0 radical (unpaired) electrons. The molecule has 0 aromatic rings. The lowest BCUT2D eigenvalue weighted by molar-refractivity contribution is -0.149. The van der Waals surface area contributed by atoms with Crippen molar-refractivity contribution < 1.29 is 19.1 Å². The Morgan fingerprint density at radius 3 is 2.72 bits per heavy atom. The van der Waals surface area contributed by atoms with Crippen LogP contribution in [0.4, 0.5) is 0 Å². The molecular weight excluding hydrogens is 234 g/mol. The molecule has 0 heterocycles. The summed E-state index contributed by atoms with van der Waals surface area (Å²) in [7, 11) is 1.38. The molecule has 0 amide bonds. The highest BCUT2D eigenvalue weighted by atomic mass is 16.5. The Balaban J connectivity index is 2.43. The number of hydrogen-bond acceptors (Lipinski definition) is 5. The van der Waals surface area contributed by atoms with E-state index in [-0.39, 0.29) is 29.9 Å². The van der Waals surface area contributed by atoms with Gasteiger partial charge in [-0.25, -0.2) is 0 Å². The van der Waals surface area contributed by atoms with Crippen LogP contribution < -0.4 is 5.32 Å². The minimum absolute atomic E-state index is 0.0407. The van der Waals surface area contributed by atoms with Crippen molar-refractivity contribution in [3.05, 3.63) is 0 Å². The zero-order chi connectivity index (χ0) is 13.5. The van der Waals surface area contributed by atoms with E-state index in [0.717, 1.165) is 25.7 Å². The second kappa shape index (κ2) is 7.36. The fourth-order valence-corrected chi connectivity index (χ4v) is 2.41. The van der Waals surface area contributed by atoms with Crippen molar-refractivity contribution in [3.63, 3.8) is 0 Å². The van der Waals surface area contributed by atoms with Crippen LogP contribution in [-0.4, -0.2) is 37.7 Å². The van der Waals surface area contributed by atoms with Crippen LogP contribution in [0.1, 0.15) is 39.5 Å². The van der Waals surface area contributed by atoms with Gasteiger partial charge in [-0.3, -0.25) is 9.59 Å². The van der Waals surface area contributed by atoms with Gasteiger partial charge in [0.15, 0.2) is 0 Å². The van der Waals surface area contributed by atoms with Crippen LogP contribution in [0.3, 0.4) is 0 Å². The van der Waals surface area contributed by atoms with Crippen molar-refractivity contribution in [2.75, 3.05) is 13.7 Å². The van der Waals surface area contributed by atoms with Gasteiger partial charge in [0.25, 0.3) is 0 Å². The van der Waals surface area contributed by atoms with Crippen LogP contribution in [0, 0.1) is 5.92 Å². The first-order valence-corrected chi connectivity index (χ1v) is 6.59. The molecule has 5 heteroatoms. The van der Waals surface area contributed by atoms with Crippen molar-refractivity contribution in [1.29, 1.82) is 0 Å². The highest BCUT2D eigenvalue weighted by Gasteiger charge is 2.29. The van der Waals surface area contributed by atoms with Crippen LogP contribution in [0.2, 0.25) is 0 Å². The lowest BCUT2D eigenvalue weighted by atomic mass is 9.85. The molecule has 0 saturated heterocycles. The van der Waals surface area contributed by atoms with E-state index in [4.69, 9.17) is 4.74 Å². The van der Waals surface area contributed by atoms with Crippen molar-refractivity contribution >= 4 is 11.9 Å². The Hall–Kier alpha value is -1.10. The maximum atomic E-state index is 11.7. The van der Waals surface area contributed by atoms with E-state index in [1.807, 2.05) is 6.92 Å². The normalized spacial score (nSPS) is 25.3. The largest absolute Gasteiger partial charge is 0.468 e. The SMILES string of the molecule is CCOC(=O)C1CCCC(N[C@@H](C)C(=O)OC)C1. The number of rotatable bonds is 5. The van der Waals surface area contributed by atoms with Gasteiger partial charge < -0.3 is 14.8 Å². The minimum atomic E-state index is -0.332. The van der Waals surface area contributed by atoms with Gasteiger partial charge in [0, 0.05) is 6.04 Å². The van der Waals surface area contributed by atoms with Gasteiger partial charge in [-0.15, -0.1) is 0 Å². The van der Waals surface area contributed by atoms with Crippen molar-refractivity contribution in [2.24, 2.45) is 5.92 Å². The molecule has 1 aliphatic carbocycles. The van der Waals surface area contributed by atoms with Gasteiger partial charge >= 0.3 is 11.9 Å². The Kier molecular flexibility index (Phi) is 6.12. The van der Waals surface area contributed by atoms with Crippen LogP contribution in [0.5, 0.6) is 0 Å². The summed E-state index contributed by atoms with van der Waals surface area (Å²) in [6.45, 7) is 4.02. The average Bonchev–Trinajstić information content (AvgIpc) is 2.38. The second-order valence-electron chi connectivity index (χ2n) is 4.72. The molecular formula is C13H23NO4. The topological polar surface area (TPSA) is 64.6 Å². The van der Waals surface area contributed by atoms with Gasteiger partial charge in [0.1, 0.15) is 6.04 Å². The molecule has 104 valence electrons. The van der Waals surface area contributed by atoms with Crippen LogP contribution in [0.15, 0.2) is 0 Å². The smallest absolute Gasteiger partial charge is 0.322 e. The maximum absolute atomic E-state index is 11.7. The minimum Gasteiger partial charge on any atom is -0.468 e. The zero-order valence-electron chi connectivity index (χ0n) is 11.4. The molecule has 0 spiro atoms. The van der Waals surface area contributed by atoms with E-state index in [0.29, 0.717) is 6.61 Å². The zero-order valence-corrected chi connectivity index (χ0v) is 11.4. The highest BCUT2D eigenvalue weighted by molar-refractivity contribution is 5.75. The first-order chi connectivity index (χ1) is 8.58. The molecule has 0 aromatic heterocycles. The Morgan fingerprint density at radius 1 is 1.39 bits per heavy atom. The maximum Gasteiger partial charge on any atom is 0.322 e. The van der Waals surface area contributed by atoms with Gasteiger partial charge in [-0.2, -0.15) is 0 Å². The number of ether oxygens (including phenoxy) is 2. The third-order valence-electron chi connectivity index (χ3n) is 3.33. The van der Waals surface area contributed by atoms with Gasteiger partial charge in [0.05, 0.1) is 19.6 Å². The lowest BCUT2D eigenvalue weighted by Gasteiger charge is -2.30. The van der Waals surface area contributed by atoms with Crippen LogP contribution in [0.25, 0.3) is 0 Å². The third-order valence-corrected chi connectivity index (χ3v) is 3.33. The summed E-state index contributed by atoms with van der Waals surface area (Å²) in [6.07, 6.45) is 3.58. The van der Waals surface area contributed by atoms with Crippen molar-refractivity contribution in [1.82, 2.24) is 5.32 Å². The van der Waals surface area contributed by atoms with Gasteiger partial charge in [0.2, 0.25) is 0 Å². The predicted molar refractivity (Wildman–Crippen MR) is 67.0 cm³/mol. The number of nitrogens with one attached hydrogen (secondary N) is 1. The quantitative estimate of drug-likeness (QED) is 0.751. The molecule has 3 atom stereocenters. The summed E-state index contributed by atoms with van der Waals surface area (Å²) in [6, 6.07) is -0.150. The van der Waals surface area contributed by atoms with E-state index in [2.05, 4.69) is 10.1 Å². The highest BCUT2D eigenvalue weighted by Crippen LogP contribution is 2.25. The molecule has 5 nitrogen and oxygen atoms in total. The van der Waals surface area contributed by atoms with E-state index in [9.17, 15) is 9.59 Å². The Bertz CT molecular complexity index is 293. The van der Waals surface area contributed by atoms with Crippen molar-refractivity contribution in [3.8, 4) is 0 Å². The molecule has 0 aliphatic heterocycles. The van der Waals surface area contributed by atoms with Crippen LogP contribution in [-0.2, 0) is 19.1 Å². The number of carbonyl (C=O) groups excluding carboxylic acids is 2. The average molecular weight is 257 g/mol. The first kappa shape index (κ1) is 15.0. The molecule has 2 unspecified atom stereocenters. The fourth-order valence-electron chi connectivity index (χ4n) is 2.41. The molecule has 0 bridgehead atoms. The molecule has 0 aromatic carbocycles. The van der Waals surface area contributed by atoms with E-state index in [1.165, 1.54) is 7.11 Å². The first-order valence-electron chi connectivity index (χ1n) is 6.59. The van der Waals surface area contributed by atoms with E-state index < -0.39 is 0 Å². The molecule has 1 N–H and O–H groups in total. The standard InChI is InChI=1S/C13H23NO4/c1-4-18-13(16)10-6-5-7-11(8-10)14-9(2)12(15)17-3/h9-11,14H,4-8H2,1-3H3/t9-,10?,11?/m0/s1. The monoisotopic (exact) mass is 257 g/mol. The number of esters is 2. The molecule has 1 fully saturated rings. The summed E-state index contributed by atoms with van der Waals surface area (Å²) in [5, 5.41) is 3.21. The molecule has 1 saturated carbocycles. The van der Waals surface area contributed by atoms with E-state index in [1.54, 1.807) is 6.92 Å².